The summed E-state index contributed by atoms with van der Waals surface area (Å²) in [6.07, 6.45) is 2.87. The summed E-state index contributed by atoms with van der Waals surface area (Å²) in [5, 5.41) is 0. The number of hydrogen-bond donors (Lipinski definition) is 0. The third kappa shape index (κ3) is 3.40. The number of carbonyl (C=O) groups excluding carboxylic acids is 3. The zero-order valence-corrected chi connectivity index (χ0v) is 13.1. The van der Waals surface area contributed by atoms with Gasteiger partial charge in [0, 0.05) is 6.04 Å². The van der Waals surface area contributed by atoms with Crippen molar-refractivity contribution in [3.05, 3.63) is 0 Å². The van der Waals surface area contributed by atoms with Crippen LogP contribution >= 0.6 is 0 Å². The van der Waals surface area contributed by atoms with Gasteiger partial charge in [-0.2, -0.15) is 0 Å². The van der Waals surface area contributed by atoms with Crippen LogP contribution in [-0.2, 0) is 28.6 Å². The minimum absolute atomic E-state index is 0.0582. The molecule has 124 valence electrons. The van der Waals surface area contributed by atoms with Crippen LogP contribution in [0.15, 0.2) is 0 Å². The first kappa shape index (κ1) is 16.7. The largest absolute Gasteiger partial charge is 0.465 e. The van der Waals surface area contributed by atoms with Gasteiger partial charge in [0.15, 0.2) is 5.92 Å². The highest BCUT2D eigenvalue weighted by Crippen LogP contribution is 2.29. The first-order valence-corrected chi connectivity index (χ1v) is 7.85. The van der Waals surface area contributed by atoms with Crippen LogP contribution in [-0.4, -0.2) is 61.3 Å². The number of rotatable bonds is 5. The second-order valence-electron chi connectivity index (χ2n) is 5.44. The van der Waals surface area contributed by atoms with Crippen molar-refractivity contribution in [3.63, 3.8) is 0 Å². The molecule has 22 heavy (non-hydrogen) atoms. The molecule has 2 saturated heterocycles. The van der Waals surface area contributed by atoms with Crippen LogP contribution in [0.2, 0.25) is 0 Å². The summed E-state index contributed by atoms with van der Waals surface area (Å²) in [6.45, 7) is 4.57. The molecule has 0 aromatic heterocycles. The minimum Gasteiger partial charge on any atom is -0.465 e. The monoisotopic (exact) mass is 313 g/mol. The molecule has 0 N–H and O–H groups in total. The Labute approximate surface area is 129 Å². The van der Waals surface area contributed by atoms with Gasteiger partial charge in [-0.05, 0) is 33.2 Å². The van der Waals surface area contributed by atoms with Crippen LogP contribution in [0.1, 0.15) is 33.1 Å². The quantitative estimate of drug-likeness (QED) is 0.415. The summed E-state index contributed by atoms with van der Waals surface area (Å²) >= 11 is 0. The normalized spacial score (nSPS) is 25.3. The lowest BCUT2D eigenvalue weighted by molar-refractivity contribution is -0.183. The average molecular weight is 313 g/mol. The first-order chi connectivity index (χ1) is 10.6. The SMILES string of the molecule is CCOC(=O)C(C(=O)OCC)C1C(=O)OCC2CCCCN21. The topological polar surface area (TPSA) is 82.1 Å². The maximum atomic E-state index is 12.2. The zero-order chi connectivity index (χ0) is 16.1. The molecule has 0 aromatic rings. The highest BCUT2D eigenvalue weighted by atomic mass is 16.6. The van der Waals surface area contributed by atoms with E-state index in [4.69, 9.17) is 14.2 Å². The van der Waals surface area contributed by atoms with E-state index in [1.165, 1.54) is 0 Å². The highest BCUT2D eigenvalue weighted by Gasteiger charge is 2.50. The van der Waals surface area contributed by atoms with Gasteiger partial charge in [-0.3, -0.25) is 19.3 Å². The van der Waals surface area contributed by atoms with Crippen molar-refractivity contribution in [2.75, 3.05) is 26.4 Å². The van der Waals surface area contributed by atoms with E-state index in [0.717, 1.165) is 19.3 Å². The van der Waals surface area contributed by atoms with E-state index < -0.39 is 29.9 Å². The van der Waals surface area contributed by atoms with Gasteiger partial charge in [0.1, 0.15) is 12.6 Å². The summed E-state index contributed by atoms with van der Waals surface area (Å²) in [6, 6.07) is -0.889. The third-order valence-corrected chi connectivity index (χ3v) is 4.09. The molecular weight excluding hydrogens is 290 g/mol. The fourth-order valence-electron chi connectivity index (χ4n) is 3.11. The van der Waals surface area contributed by atoms with Crippen LogP contribution in [0.4, 0.5) is 0 Å². The lowest BCUT2D eigenvalue weighted by Gasteiger charge is -2.44. The molecule has 2 atom stereocenters. The van der Waals surface area contributed by atoms with Gasteiger partial charge in [0.2, 0.25) is 0 Å². The van der Waals surface area contributed by atoms with Gasteiger partial charge in [-0.25, -0.2) is 0 Å². The summed E-state index contributed by atoms with van der Waals surface area (Å²) in [5.41, 5.74) is 0. The Morgan fingerprint density at radius 3 is 2.45 bits per heavy atom. The van der Waals surface area contributed by atoms with Crippen molar-refractivity contribution in [2.24, 2.45) is 5.92 Å². The van der Waals surface area contributed by atoms with Gasteiger partial charge in [-0.15, -0.1) is 0 Å². The summed E-state index contributed by atoms with van der Waals surface area (Å²) in [5.74, 6) is -3.29. The zero-order valence-electron chi connectivity index (χ0n) is 13.1. The minimum atomic E-state index is -1.28. The number of carbonyl (C=O) groups is 3. The Morgan fingerprint density at radius 2 is 1.86 bits per heavy atom. The summed E-state index contributed by atoms with van der Waals surface area (Å²) in [7, 11) is 0. The molecule has 0 bridgehead atoms. The fourth-order valence-corrected chi connectivity index (χ4v) is 3.11. The third-order valence-electron chi connectivity index (χ3n) is 4.09. The Morgan fingerprint density at radius 1 is 1.23 bits per heavy atom. The molecule has 7 nitrogen and oxygen atoms in total. The van der Waals surface area contributed by atoms with Crippen LogP contribution < -0.4 is 0 Å². The predicted molar refractivity (Wildman–Crippen MR) is 75.8 cm³/mol. The second-order valence-corrected chi connectivity index (χ2v) is 5.44. The van der Waals surface area contributed by atoms with Crippen molar-refractivity contribution < 1.29 is 28.6 Å². The predicted octanol–water partition coefficient (Wildman–Crippen LogP) is 0.509. The molecule has 2 fully saturated rings. The molecule has 2 aliphatic rings. The number of ether oxygens (including phenoxy) is 3. The van der Waals surface area contributed by atoms with Crippen LogP contribution in [0, 0.1) is 5.92 Å². The molecule has 0 aromatic carbocycles. The number of piperidine rings is 1. The van der Waals surface area contributed by atoms with Crippen molar-refractivity contribution in [3.8, 4) is 0 Å². The molecule has 2 aliphatic heterocycles. The maximum absolute atomic E-state index is 12.2. The van der Waals surface area contributed by atoms with Gasteiger partial charge in [0.05, 0.1) is 13.2 Å². The van der Waals surface area contributed by atoms with Gasteiger partial charge < -0.3 is 14.2 Å². The van der Waals surface area contributed by atoms with Crippen molar-refractivity contribution in [1.29, 1.82) is 0 Å². The number of hydrogen-bond acceptors (Lipinski definition) is 7. The Bertz CT molecular complexity index is 420. The van der Waals surface area contributed by atoms with Gasteiger partial charge in [-0.1, -0.05) is 6.42 Å². The maximum Gasteiger partial charge on any atom is 0.324 e. The summed E-state index contributed by atoms with van der Waals surface area (Å²) in [4.78, 5) is 38.6. The van der Waals surface area contributed by atoms with E-state index in [2.05, 4.69) is 0 Å². The molecule has 0 amide bonds. The van der Waals surface area contributed by atoms with Crippen molar-refractivity contribution in [1.82, 2.24) is 4.90 Å². The van der Waals surface area contributed by atoms with Crippen molar-refractivity contribution in [2.45, 2.75) is 45.2 Å². The molecule has 0 radical (unpaired) electrons. The standard InChI is InChI=1S/C15H23NO6/c1-3-20-13(17)11(14(18)21-4-2)12-15(19)22-9-10-7-5-6-8-16(10)12/h10-12H,3-9H2,1-2H3. The Kier molecular flexibility index (Phi) is 5.76. The smallest absolute Gasteiger partial charge is 0.324 e. The fraction of sp³-hybridized carbons (Fsp3) is 0.800. The van der Waals surface area contributed by atoms with Gasteiger partial charge in [0.25, 0.3) is 0 Å². The van der Waals surface area contributed by atoms with Crippen LogP contribution in [0.3, 0.4) is 0 Å². The molecule has 0 aliphatic carbocycles. The van der Waals surface area contributed by atoms with E-state index >= 15 is 0 Å². The molecule has 0 spiro atoms. The molecular formula is C15H23NO6. The van der Waals surface area contributed by atoms with E-state index in [1.807, 2.05) is 4.90 Å². The van der Waals surface area contributed by atoms with Crippen molar-refractivity contribution >= 4 is 17.9 Å². The molecule has 2 heterocycles. The first-order valence-electron chi connectivity index (χ1n) is 7.85. The summed E-state index contributed by atoms with van der Waals surface area (Å²) < 4.78 is 15.2. The van der Waals surface area contributed by atoms with E-state index in [0.29, 0.717) is 13.2 Å². The number of nitrogens with zero attached hydrogens (tertiary/aromatic N) is 1. The average Bonchev–Trinajstić information content (AvgIpc) is 2.50. The molecule has 2 unspecified atom stereocenters. The van der Waals surface area contributed by atoms with E-state index in [-0.39, 0.29) is 19.3 Å². The highest BCUT2D eigenvalue weighted by molar-refractivity contribution is 6.00. The molecule has 0 saturated carbocycles. The van der Waals surface area contributed by atoms with Gasteiger partial charge >= 0.3 is 17.9 Å². The lowest BCUT2D eigenvalue weighted by atomic mass is 9.91. The van der Waals surface area contributed by atoms with E-state index in [1.54, 1.807) is 13.8 Å². The second kappa shape index (κ2) is 7.58. The Hall–Kier alpha value is -1.63. The Balaban J connectivity index is 2.27. The number of fused-ring (bicyclic) bond motifs is 1. The molecule has 7 heteroatoms. The number of esters is 3. The number of morpholine rings is 1. The van der Waals surface area contributed by atoms with Crippen LogP contribution in [0.25, 0.3) is 0 Å². The molecule has 2 rings (SSSR count). The van der Waals surface area contributed by atoms with E-state index in [9.17, 15) is 14.4 Å². The number of cyclic esters (lactones) is 1. The van der Waals surface area contributed by atoms with Crippen LogP contribution in [0.5, 0.6) is 0 Å². The lowest BCUT2D eigenvalue weighted by Crippen LogP contribution is -2.62.